The molecule has 8 nitrogen and oxygen atoms in total. The first kappa shape index (κ1) is 18.7. The average molecular weight is 416 g/mol. The van der Waals surface area contributed by atoms with Crippen LogP contribution in [0.1, 0.15) is 16.8 Å². The van der Waals surface area contributed by atoms with Crippen LogP contribution < -0.4 is 9.86 Å². The van der Waals surface area contributed by atoms with Crippen molar-refractivity contribution in [3.63, 3.8) is 0 Å². The Balaban J connectivity index is 1.46. The Kier molecular flexibility index (Phi) is 5.18. The lowest BCUT2D eigenvalue weighted by Gasteiger charge is -2.00. The van der Waals surface area contributed by atoms with E-state index in [-0.39, 0.29) is 13.0 Å². The maximum atomic E-state index is 10.9. The van der Waals surface area contributed by atoms with Gasteiger partial charge in [-0.3, -0.25) is 0 Å². The molecule has 0 bridgehead atoms. The van der Waals surface area contributed by atoms with Gasteiger partial charge in [0.15, 0.2) is 0 Å². The Morgan fingerprint density at radius 1 is 1.04 bits per heavy atom. The molecule has 3 N–H and O–H groups in total. The van der Waals surface area contributed by atoms with Crippen LogP contribution in [0.4, 0.5) is 0 Å². The number of nitrogens with two attached hydrogens (primary N) is 1. The fourth-order valence-electron chi connectivity index (χ4n) is 2.75. The fraction of sp³-hybridized carbons (Fsp3) is 0.167. The van der Waals surface area contributed by atoms with E-state index in [9.17, 15) is 8.42 Å². The first-order chi connectivity index (χ1) is 13.5. The van der Waals surface area contributed by atoms with Crippen molar-refractivity contribution in [2.75, 3.05) is 6.54 Å². The fourth-order valence-corrected chi connectivity index (χ4v) is 4.13. The monoisotopic (exact) mass is 415 g/mol. The Hall–Kier alpha value is -2.66. The molecular weight excluding hydrogens is 398 g/mol. The van der Waals surface area contributed by atoms with Crippen molar-refractivity contribution in [3.8, 4) is 11.1 Å². The average Bonchev–Trinajstić information content (AvgIpc) is 3.27. The van der Waals surface area contributed by atoms with Gasteiger partial charge in [-0.2, -0.15) is 8.42 Å². The molecule has 0 aliphatic rings. The zero-order valence-corrected chi connectivity index (χ0v) is 16.3. The summed E-state index contributed by atoms with van der Waals surface area (Å²) in [5, 5.41) is 13.7. The van der Waals surface area contributed by atoms with Gasteiger partial charge in [-0.1, -0.05) is 36.4 Å². The Bertz CT molecular complexity index is 1200. The second kappa shape index (κ2) is 7.76. The molecule has 2 aromatic heterocycles. The molecule has 2 aromatic carbocycles. The predicted molar refractivity (Wildman–Crippen MR) is 107 cm³/mol. The molecule has 0 spiro atoms. The summed E-state index contributed by atoms with van der Waals surface area (Å²) in [7, 11) is -3.72. The smallest absolute Gasteiger partial charge is 0.274 e. The topological polar surface area (TPSA) is 124 Å². The first-order valence-corrected chi connectivity index (χ1v) is 10.9. The van der Waals surface area contributed by atoms with Gasteiger partial charge in [0.1, 0.15) is 5.01 Å². The maximum absolute atomic E-state index is 10.9. The number of hydrogen-bond donors (Lipinski definition) is 2. The van der Waals surface area contributed by atoms with E-state index in [1.54, 1.807) is 11.3 Å². The van der Waals surface area contributed by atoms with E-state index in [4.69, 9.17) is 9.56 Å². The molecule has 0 aliphatic heterocycles. The number of rotatable bonds is 7. The van der Waals surface area contributed by atoms with E-state index in [1.165, 1.54) is 0 Å². The van der Waals surface area contributed by atoms with Crippen molar-refractivity contribution in [1.82, 2.24) is 19.9 Å². The van der Waals surface area contributed by atoms with Crippen LogP contribution >= 0.6 is 11.3 Å². The minimum Gasteiger partial charge on any atom is -0.425 e. The zero-order chi connectivity index (χ0) is 19.6. The van der Waals surface area contributed by atoms with Crippen molar-refractivity contribution < 1.29 is 12.8 Å². The van der Waals surface area contributed by atoms with Crippen LogP contribution in [0, 0.1) is 0 Å². The van der Waals surface area contributed by atoms with Gasteiger partial charge in [-0.05, 0) is 23.3 Å². The largest absolute Gasteiger partial charge is 0.425 e. The molecule has 0 saturated carbocycles. The number of aromatic nitrogens is 3. The molecule has 0 amide bonds. The SMILES string of the molecule is NS(=O)(=O)NCCc1nnc(Cc2nc3ccc(-c4ccccc4)cc3s2)o1. The molecule has 0 aliphatic carbocycles. The number of fused-ring (bicyclic) bond motifs is 1. The highest BCUT2D eigenvalue weighted by Crippen LogP contribution is 2.29. The van der Waals surface area contributed by atoms with E-state index in [1.807, 2.05) is 24.3 Å². The van der Waals surface area contributed by atoms with E-state index in [0.29, 0.717) is 18.2 Å². The number of benzene rings is 2. The standard InChI is InChI=1S/C18H17N5O3S2/c19-28(24,25)20-9-8-16-22-23-17(26-16)11-18-21-14-7-6-13(10-15(14)27-18)12-4-2-1-3-5-12/h1-7,10,20H,8-9,11H2,(H2,19,24,25). The normalized spacial score (nSPS) is 11.9. The van der Waals surface area contributed by atoms with E-state index in [2.05, 4.69) is 44.2 Å². The van der Waals surface area contributed by atoms with Crippen LogP contribution in [0.2, 0.25) is 0 Å². The maximum Gasteiger partial charge on any atom is 0.274 e. The summed E-state index contributed by atoms with van der Waals surface area (Å²) < 4.78 is 30.6. The number of nitrogens with zero attached hydrogens (tertiary/aromatic N) is 3. The lowest BCUT2D eigenvalue weighted by molar-refractivity contribution is 0.456. The van der Waals surface area contributed by atoms with Crippen molar-refractivity contribution in [1.29, 1.82) is 0 Å². The molecule has 0 unspecified atom stereocenters. The van der Waals surface area contributed by atoms with Crippen LogP contribution in [-0.2, 0) is 23.1 Å². The van der Waals surface area contributed by atoms with E-state index < -0.39 is 10.2 Å². The van der Waals surface area contributed by atoms with Gasteiger partial charge in [0.2, 0.25) is 11.8 Å². The highest BCUT2D eigenvalue weighted by molar-refractivity contribution is 7.87. The quantitative estimate of drug-likeness (QED) is 0.477. The Morgan fingerprint density at radius 2 is 1.82 bits per heavy atom. The van der Waals surface area contributed by atoms with Crippen LogP contribution in [0.15, 0.2) is 52.9 Å². The lowest BCUT2D eigenvalue weighted by atomic mass is 10.1. The Morgan fingerprint density at radius 3 is 2.61 bits per heavy atom. The third kappa shape index (κ3) is 4.60. The van der Waals surface area contributed by atoms with Gasteiger partial charge in [0, 0.05) is 13.0 Å². The van der Waals surface area contributed by atoms with Gasteiger partial charge >= 0.3 is 0 Å². The van der Waals surface area contributed by atoms with Gasteiger partial charge in [0.05, 0.1) is 16.6 Å². The molecular formula is C18H17N5O3S2. The molecule has 4 aromatic rings. The second-order valence-electron chi connectivity index (χ2n) is 6.11. The van der Waals surface area contributed by atoms with Crippen molar-refractivity contribution in [2.24, 2.45) is 5.14 Å². The summed E-state index contributed by atoms with van der Waals surface area (Å²) in [6, 6.07) is 16.4. The van der Waals surface area contributed by atoms with Crippen LogP contribution in [0.25, 0.3) is 21.3 Å². The van der Waals surface area contributed by atoms with E-state index in [0.717, 1.165) is 26.4 Å². The summed E-state index contributed by atoms with van der Waals surface area (Å²) in [6.07, 6.45) is 0.694. The Labute approximate surface area is 165 Å². The number of nitrogens with one attached hydrogen (secondary N) is 1. The third-order valence-electron chi connectivity index (χ3n) is 3.99. The zero-order valence-electron chi connectivity index (χ0n) is 14.7. The molecule has 2 heterocycles. The van der Waals surface area contributed by atoms with Crippen molar-refractivity contribution >= 4 is 31.8 Å². The minimum absolute atomic E-state index is 0.101. The van der Waals surface area contributed by atoms with Crippen LogP contribution in [-0.4, -0.2) is 30.1 Å². The summed E-state index contributed by atoms with van der Waals surface area (Å²) in [5.74, 6) is 0.784. The molecule has 0 saturated heterocycles. The summed E-state index contributed by atoms with van der Waals surface area (Å²) in [6.45, 7) is 0.101. The second-order valence-corrected chi connectivity index (χ2v) is 8.61. The van der Waals surface area contributed by atoms with Gasteiger partial charge < -0.3 is 4.42 Å². The highest BCUT2D eigenvalue weighted by Gasteiger charge is 2.12. The summed E-state index contributed by atoms with van der Waals surface area (Å²) >= 11 is 1.58. The minimum atomic E-state index is -3.72. The molecule has 0 fully saturated rings. The highest BCUT2D eigenvalue weighted by atomic mass is 32.2. The predicted octanol–water partition coefficient (Wildman–Crippen LogP) is 2.27. The third-order valence-corrected chi connectivity index (χ3v) is 5.62. The molecule has 4 rings (SSSR count). The first-order valence-electron chi connectivity index (χ1n) is 8.50. The molecule has 0 radical (unpaired) electrons. The van der Waals surface area contributed by atoms with Gasteiger partial charge in [0.25, 0.3) is 10.2 Å². The molecule has 10 heteroatoms. The molecule has 144 valence electrons. The van der Waals surface area contributed by atoms with E-state index >= 15 is 0 Å². The summed E-state index contributed by atoms with van der Waals surface area (Å²) in [4.78, 5) is 4.63. The molecule has 0 atom stereocenters. The number of thiazole rings is 1. The lowest BCUT2D eigenvalue weighted by Crippen LogP contribution is -2.32. The summed E-state index contributed by atoms with van der Waals surface area (Å²) in [5.41, 5.74) is 3.23. The van der Waals surface area contributed by atoms with Crippen molar-refractivity contribution in [2.45, 2.75) is 12.8 Å². The van der Waals surface area contributed by atoms with Gasteiger partial charge in [-0.15, -0.1) is 21.5 Å². The van der Waals surface area contributed by atoms with Crippen LogP contribution in [0.5, 0.6) is 0 Å². The molecule has 28 heavy (non-hydrogen) atoms. The van der Waals surface area contributed by atoms with Crippen LogP contribution in [0.3, 0.4) is 0 Å². The number of hydrogen-bond acceptors (Lipinski definition) is 7. The van der Waals surface area contributed by atoms with Gasteiger partial charge in [-0.25, -0.2) is 14.8 Å². The van der Waals surface area contributed by atoms with Crippen molar-refractivity contribution in [3.05, 3.63) is 65.3 Å².